The van der Waals surface area contributed by atoms with Crippen LogP contribution in [0.1, 0.15) is 84.8 Å². The Morgan fingerprint density at radius 1 is 0.753 bits per heavy atom. The van der Waals surface area contributed by atoms with E-state index in [9.17, 15) is 47.9 Å². The summed E-state index contributed by atoms with van der Waals surface area (Å²) < 4.78 is 22.8. The average Bonchev–Trinajstić information content (AvgIpc) is 1.66. The fourth-order valence-electron chi connectivity index (χ4n) is 11.7. The number of likely N-dealkylation sites (N-methyl/N-ethyl adjacent to an activating group) is 1. The summed E-state index contributed by atoms with van der Waals surface area (Å²) in [5.74, 6) is -3.25. The van der Waals surface area contributed by atoms with Crippen molar-refractivity contribution in [3.63, 3.8) is 0 Å². The summed E-state index contributed by atoms with van der Waals surface area (Å²) in [5, 5.41) is 15.9. The molecule has 0 bridgehead atoms. The number of carbonyl (C=O) groups excluding carboxylic acids is 10. The lowest BCUT2D eigenvalue weighted by atomic mass is 9.89. The van der Waals surface area contributed by atoms with Gasteiger partial charge in [-0.1, -0.05) is 50.2 Å². The summed E-state index contributed by atoms with van der Waals surface area (Å²) in [5.41, 5.74) is 11.0. The second-order valence-corrected chi connectivity index (χ2v) is 24.7. The molecule has 3 aliphatic rings. The fraction of sp³-hybridized carbons (Fsp3) is 0.324. The summed E-state index contributed by atoms with van der Waals surface area (Å²) in [6.45, 7) is 9.33. The molecule has 0 saturated carbocycles. The Kier molecular flexibility index (Phi) is 22.3. The van der Waals surface area contributed by atoms with Crippen LogP contribution >= 0.6 is 11.6 Å². The van der Waals surface area contributed by atoms with Gasteiger partial charge in [0.25, 0.3) is 23.6 Å². The van der Waals surface area contributed by atoms with Crippen molar-refractivity contribution >= 4 is 121 Å². The smallest absolute Gasteiger partial charge is 0.415 e. The van der Waals surface area contributed by atoms with Crippen LogP contribution in [0.15, 0.2) is 139 Å². The minimum atomic E-state index is -0.957. The third-order valence-corrected chi connectivity index (χ3v) is 17.6. The summed E-state index contributed by atoms with van der Waals surface area (Å²) in [6, 6.07) is 33.8. The molecule has 0 radical (unpaired) electrons. The zero-order valence-corrected chi connectivity index (χ0v) is 55.0. The third kappa shape index (κ3) is 16.9. The number of H-pyrrole nitrogens is 1. The Hall–Kier alpha value is -10.6. The summed E-state index contributed by atoms with van der Waals surface area (Å²) in [6.07, 6.45) is -0.950. The van der Waals surface area contributed by atoms with Gasteiger partial charge in [-0.25, -0.2) is 19.3 Å². The first-order chi connectivity index (χ1) is 46.6. The number of hydrogen-bond acceptors (Lipinski definition) is 15. The molecule has 0 spiro atoms. The van der Waals surface area contributed by atoms with Crippen LogP contribution < -0.4 is 51.6 Å². The zero-order chi connectivity index (χ0) is 69.0. The molecule has 1 aromatic heterocycles. The molecule has 8 N–H and O–H groups in total. The van der Waals surface area contributed by atoms with Crippen molar-refractivity contribution in [3.05, 3.63) is 161 Å². The number of primary amides is 1. The highest BCUT2D eigenvalue weighted by Gasteiger charge is 2.38. The maximum Gasteiger partial charge on any atom is 0.415 e. The standard InChI is InChI=1S/C71H76ClN11O14/c1-41(2)63(79-61(85)40-94-31-32-95-53-23-21-52(22-24-53)83-66(88)42(3)43(4)67(83)89)59(84)35-46(9-8-26-74-69(73)91)65(87)75-49-16-12-44(13-17-49)39-96-70(92)77-50-18-14-45(15-19-50)64(86)76-51-20-25-56-47(33-51)34-57(78-56)68(90)82-38-48(37-72)62-55-11-7-6-10-54(55)60(36-58(62)82)97-71(93)81-29-27-80(5)28-30-81/h6-7,10-25,33-34,36,41,46,48,63,78H,8-9,26-32,35,37-40H2,1-5H3,(H,75,87)(H,76,86)(H,77,92)(H,79,85)(H3,73,74,91)/t46-,48-,63+/m1/s1. The molecule has 4 heterocycles. The predicted octanol–water partition coefficient (Wildman–Crippen LogP) is 9.46. The molecule has 7 aromatic rings. The number of Topliss-reactive ketones (excluding diaryl/α,β-unsaturated/α-hetero) is 1. The number of imide groups is 1. The van der Waals surface area contributed by atoms with Gasteiger partial charge in [-0.05, 0) is 141 Å². The second-order valence-electron chi connectivity index (χ2n) is 24.4. The van der Waals surface area contributed by atoms with Gasteiger partial charge < -0.3 is 65.6 Å². The van der Waals surface area contributed by atoms with Gasteiger partial charge in [-0.3, -0.25) is 38.9 Å². The highest BCUT2D eigenvalue weighted by Crippen LogP contribution is 2.46. The molecule has 10 amide bonds. The van der Waals surface area contributed by atoms with Crippen LogP contribution in [0.5, 0.6) is 11.5 Å². The molecule has 10 rings (SSSR count). The number of nitrogens with one attached hydrogen (secondary N) is 6. The van der Waals surface area contributed by atoms with Gasteiger partial charge in [0.2, 0.25) is 11.8 Å². The number of fused-ring (bicyclic) bond motifs is 4. The third-order valence-electron chi connectivity index (χ3n) is 17.2. The van der Waals surface area contributed by atoms with Crippen LogP contribution in [0, 0.1) is 11.8 Å². The minimum absolute atomic E-state index is 0.0241. The van der Waals surface area contributed by atoms with Crippen molar-refractivity contribution < 1.29 is 66.9 Å². The van der Waals surface area contributed by atoms with Gasteiger partial charge in [-0.15, -0.1) is 11.6 Å². The number of rotatable bonds is 26. The highest BCUT2D eigenvalue weighted by atomic mass is 35.5. The zero-order valence-electron chi connectivity index (χ0n) is 54.3. The van der Waals surface area contributed by atoms with E-state index in [0.29, 0.717) is 105 Å². The van der Waals surface area contributed by atoms with Gasteiger partial charge in [0.1, 0.15) is 37.0 Å². The highest BCUT2D eigenvalue weighted by molar-refractivity contribution is 6.32. The molecule has 3 aliphatic heterocycles. The fourth-order valence-corrected chi connectivity index (χ4v) is 12.0. The maximum absolute atomic E-state index is 14.5. The molecule has 97 heavy (non-hydrogen) atoms. The number of nitrogens with zero attached hydrogens (tertiary/aromatic N) is 4. The van der Waals surface area contributed by atoms with E-state index >= 15 is 0 Å². The van der Waals surface area contributed by atoms with Crippen molar-refractivity contribution in [1.82, 2.24) is 25.4 Å². The van der Waals surface area contributed by atoms with Crippen LogP contribution in [0.2, 0.25) is 0 Å². The van der Waals surface area contributed by atoms with Crippen molar-refractivity contribution in [2.24, 2.45) is 17.6 Å². The van der Waals surface area contributed by atoms with Crippen LogP contribution in [-0.4, -0.2) is 152 Å². The lowest BCUT2D eigenvalue weighted by Crippen LogP contribution is -2.48. The molecule has 3 atom stereocenters. The number of benzene rings is 6. The van der Waals surface area contributed by atoms with Gasteiger partial charge in [0, 0.05) is 120 Å². The molecular weight excluding hydrogens is 1270 g/mol. The number of hydrogen-bond donors (Lipinski definition) is 7. The topological polar surface area (TPSA) is 323 Å². The number of piperazine rings is 1. The summed E-state index contributed by atoms with van der Waals surface area (Å²) in [4.78, 5) is 141. The molecule has 1 saturated heterocycles. The number of alkyl halides is 1. The number of aromatic amines is 1. The van der Waals surface area contributed by atoms with E-state index in [-0.39, 0.29) is 87.0 Å². The van der Waals surface area contributed by atoms with Gasteiger partial charge in [0.05, 0.1) is 24.0 Å². The van der Waals surface area contributed by atoms with E-state index in [1.807, 2.05) is 31.3 Å². The molecule has 26 heteroatoms. The molecule has 0 aliphatic carbocycles. The Labute approximate surface area is 564 Å². The van der Waals surface area contributed by atoms with Crippen molar-refractivity contribution in [2.45, 2.75) is 65.5 Å². The number of nitrogens with two attached hydrogens (primary N) is 1. The van der Waals surface area contributed by atoms with Crippen molar-refractivity contribution in [3.8, 4) is 11.5 Å². The van der Waals surface area contributed by atoms with Gasteiger partial charge in [0.15, 0.2) is 5.78 Å². The first kappa shape index (κ1) is 69.2. The Morgan fingerprint density at radius 3 is 2.10 bits per heavy atom. The maximum atomic E-state index is 14.5. The number of amides is 10. The van der Waals surface area contributed by atoms with Crippen LogP contribution in [0.3, 0.4) is 0 Å². The van der Waals surface area contributed by atoms with E-state index in [2.05, 4.69) is 36.5 Å². The number of carbonyl (C=O) groups is 10. The quantitative estimate of drug-likeness (QED) is 0.0151. The van der Waals surface area contributed by atoms with Crippen LogP contribution in [-0.2, 0) is 40.1 Å². The largest absolute Gasteiger partial charge is 0.491 e. The molecule has 506 valence electrons. The van der Waals surface area contributed by atoms with E-state index < -0.39 is 47.9 Å². The average molecular weight is 1340 g/mol. The number of aromatic nitrogens is 1. The van der Waals surface area contributed by atoms with E-state index in [1.165, 1.54) is 0 Å². The Morgan fingerprint density at radius 2 is 1.42 bits per heavy atom. The van der Waals surface area contributed by atoms with Crippen LogP contribution in [0.25, 0.3) is 21.7 Å². The lowest BCUT2D eigenvalue weighted by molar-refractivity contribution is -0.133. The van der Waals surface area contributed by atoms with Gasteiger partial charge >= 0.3 is 18.2 Å². The summed E-state index contributed by atoms with van der Waals surface area (Å²) >= 11 is 6.57. The Balaban J connectivity index is 0.672. The molecule has 0 unspecified atom stereocenters. The van der Waals surface area contributed by atoms with E-state index in [0.717, 1.165) is 34.3 Å². The van der Waals surface area contributed by atoms with E-state index in [1.54, 1.807) is 141 Å². The lowest BCUT2D eigenvalue weighted by Gasteiger charge is -2.31. The molecule has 6 aromatic carbocycles. The number of halogens is 1. The first-order valence-electron chi connectivity index (χ1n) is 31.8. The SMILES string of the molecule is CC1=C(C)C(=O)N(c2ccc(OCCOCC(=O)N[C@H](C(=O)C[C@@H](CCCNC(N)=O)C(=O)Nc3ccc(COC(=O)Nc4ccc(C(=O)Nc5ccc6[nH]c(C(=O)N7C[C@@H](CCl)c8c7cc(OC(=O)N7CCN(C)CC7)c7ccccc87)cc6c5)cc4)cc3)C(C)C)cc2)C1=O. The number of ether oxygens (including phenoxy) is 4. The molecular formula is C71H76ClN11O14. The number of urea groups is 1. The summed E-state index contributed by atoms with van der Waals surface area (Å²) in [7, 11) is 2.01. The minimum Gasteiger partial charge on any atom is -0.491 e. The Bertz CT molecular complexity index is 4160. The first-order valence-corrected chi connectivity index (χ1v) is 32.3. The van der Waals surface area contributed by atoms with E-state index in [4.69, 9.17) is 36.3 Å². The van der Waals surface area contributed by atoms with Crippen LogP contribution in [0.4, 0.5) is 42.8 Å². The van der Waals surface area contributed by atoms with Crippen molar-refractivity contribution in [1.29, 1.82) is 0 Å². The van der Waals surface area contributed by atoms with Gasteiger partial charge in [-0.2, -0.15) is 0 Å². The number of anilines is 5. The molecule has 1 fully saturated rings. The predicted molar refractivity (Wildman–Crippen MR) is 366 cm³/mol. The van der Waals surface area contributed by atoms with Crippen molar-refractivity contribution in [2.75, 3.05) is 97.8 Å². The molecule has 25 nitrogen and oxygen atoms in total. The second kappa shape index (κ2) is 31.3. The number of ketones is 1. The monoisotopic (exact) mass is 1340 g/mol. The normalized spacial score (nSPS) is 15.3.